The SMILES string of the molecule is CCCCCCCCNC(C)c1nc(-c2ccc(CC(CCO)NC(=O)c3ccc(OC(C)C(F)(F)F)c(Cl)c3)cc2)cn1CC. The maximum Gasteiger partial charge on any atom is 0.425 e. The van der Waals surface area contributed by atoms with Crippen molar-refractivity contribution >= 4 is 17.5 Å². The van der Waals surface area contributed by atoms with Gasteiger partial charge in [-0.25, -0.2) is 4.98 Å². The van der Waals surface area contributed by atoms with E-state index in [0.29, 0.717) is 12.8 Å². The van der Waals surface area contributed by atoms with Gasteiger partial charge in [-0.15, -0.1) is 0 Å². The molecule has 0 saturated carbocycles. The largest absolute Gasteiger partial charge is 0.480 e. The van der Waals surface area contributed by atoms with Gasteiger partial charge in [0.25, 0.3) is 5.91 Å². The Hall–Kier alpha value is -3.08. The van der Waals surface area contributed by atoms with E-state index in [9.17, 15) is 23.1 Å². The molecule has 0 saturated heterocycles. The van der Waals surface area contributed by atoms with Gasteiger partial charge in [0.15, 0.2) is 6.10 Å². The molecule has 3 unspecified atom stereocenters. The first-order valence-electron chi connectivity index (χ1n) is 16.3. The highest BCUT2D eigenvalue weighted by molar-refractivity contribution is 6.32. The number of amides is 1. The number of aryl methyl sites for hydroxylation is 1. The predicted molar refractivity (Wildman–Crippen MR) is 177 cm³/mol. The third kappa shape index (κ3) is 11.3. The number of ether oxygens (including phenoxy) is 1. The molecule has 3 N–H and O–H groups in total. The molecule has 2 aromatic carbocycles. The number of rotatable bonds is 19. The second-order valence-electron chi connectivity index (χ2n) is 11.7. The molecule has 3 atom stereocenters. The van der Waals surface area contributed by atoms with Gasteiger partial charge >= 0.3 is 6.18 Å². The molecule has 254 valence electrons. The topological polar surface area (TPSA) is 88.4 Å². The van der Waals surface area contributed by atoms with Crippen molar-refractivity contribution in [3.63, 3.8) is 0 Å². The van der Waals surface area contributed by atoms with Crippen LogP contribution in [0.1, 0.15) is 100 Å². The second-order valence-corrected chi connectivity index (χ2v) is 12.2. The van der Waals surface area contributed by atoms with Gasteiger partial charge in [0.2, 0.25) is 0 Å². The lowest BCUT2D eigenvalue weighted by molar-refractivity contribution is -0.189. The minimum absolute atomic E-state index is 0.102. The quantitative estimate of drug-likeness (QED) is 0.112. The number of aliphatic hydroxyl groups is 1. The van der Waals surface area contributed by atoms with Gasteiger partial charge in [0, 0.05) is 36.5 Å². The number of benzene rings is 2. The lowest BCUT2D eigenvalue weighted by Crippen LogP contribution is -2.37. The fourth-order valence-electron chi connectivity index (χ4n) is 5.22. The van der Waals surface area contributed by atoms with Crippen LogP contribution in [0, 0.1) is 0 Å². The van der Waals surface area contributed by atoms with E-state index in [1.165, 1.54) is 50.3 Å². The van der Waals surface area contributed by atoms with Crippen molar-refractivity contribution in [2.24, 2.45) is 0 Å². The van der Waals surface area contributed by atoms with Crippen LogP contribution in [0.4, 0.5) is 13.2 Å². The van der Waals surface area contributed by atoms with Crippen molar-refractivity contribution in [2.45, 2.75) is 110 Å². The molecule has 1 heterocycles. The van der Waals surface area contributed by atoms with Crippen LogP contribution in [0.15, 0.2) is 48.7 Å². The number of halogens is 4. The number of aromatic nitrogens is 2. The Morgan fingerprint density at radius 3 is 2.37 bits per heavy atom. The number of nitrogens with one attached hydrogen (secondary N) is 2. The lowest BCUT2D eigenvalue weighted by atomic mass is 10.0. The Kier molecular flexibility index (Phi) is 14.9. The summed E-state index contributed by atoms with van der Waals surface area (Å²) in [5.74, 6) is 0.391. The van der Waals surface area contributed by atoms with Crippen LogP contribution in [0.5, 0.6) is 5.75 Å². The number of carbonyl (C=O) groups excluding carboxylic acids is 1. The number of unbranched alkanes of at least 4 members (excludes halogenated alkanes) is 5. The van der Waals surface area contributed by atoms with Crippen LogP contribution in [0.25, 0.3) is 11.3 Å². The number of nitrogens with zero attached hydrogens (tertiary/aromatic N) is 2. The number of carbonyl (C=O) groups is 1. The standard InChI is InChI=1S/C35H48ClF3N4O3/c1-5-7-8-9-10-11-19-40-24(3)33-42-31(23-43(33)6-2)27-14-12-26(13-15-27)21-29(18-20-44)41-34(45)28-16-17-32(30(36)22-28)46-25(4)35(37,38)39/h12-17,22-25,29,40,44H,5-11,18-21H2,1-4H3,(H,41,45). The van der Waals surface area contributed by atoms with E-state index in [2.05, 4.69) is 42.2 Å². The minimum Gasteiger partial charge on any atom is -0.480 e. The average Bonchev–Trinajstić information content (AvgIpc) is 3.46. The zero-order chi connectivity index (χ0) is 33.7. The molecule has 3 aromatic rings. The normalized spacial score (nSPS) is 13.8. The fraction of sp³-hybridized carbons (Fsp3) is 0.543. The van der Waals surface area contributed by atoms with Crippen LogP contribution in [-0.4, -0.2) is 52.0 Å². The summed E-state index contributed by atoms with van der Waals surface area (Å²) in [6.45, 7) is 9.03. The van der Waals surface area contributed by atoms with Crippen LogP contribution in [0.2, 0.25) is 5.02 Å². The zero-order valence-electron chi connectivity index (χ0n) is 27.3. The van der Waals surface area contributed by atoms with E-state index in [1.54, 1.807) is 0 Å². The molecule has 0 bridgehead atoms. The first kappa shape index (κ1) is 37.4. The van der Waals surface area contributed by atoms with E-state index in [4.69, 9.17) is 21.3 Å². The molecule has 3 rings (SSSR count). The van der Waals surface area contributed by atoms with E-state index in [0.717, 1.165) is 49.1 Å². The van der Waals surface area contributed by atoms with Crippen molar-refractivity contribution < 1.29 is 27.8 Å². The first-order valence-corrected chi connectivity index (χ1v) is 16.7. The molecule has 1 amide bonds. The average molecular weight is 665 g/mol. The summed E-state index contributed by atoms with van der Waals surface area (Å²) >= 11 is 6.12. The molecule has 46 heavy (non-hydrogen) atoms. The maximum absolute atomic E-state index is 13.0. The van der Waals surface area contributed by atoms with Crippen molar-refractivity contribution in [1.82, 2.24) is 20.2 Å². The summed E-state index contributed by atoms with van der Waals surface area (Å²) in [7, 11) is 0. The van der Waals surface area contributed by atoms with Gasteiger partial charge < -0.3 is 25.0 Å². The number of imidazole rings is 1. The van der Waals surface area contributed by atoms with Gasteiger partial charge in [-0.2, -0.15) is 13.2 Å². The molecular formula is C35H48ClF3N4O3. The lowest BCUT2D eigenvalue weighted by Gasteiger charge is -2.20. The van der Waals surface area contributed by atoms with Crippen molar-refractivity contribution in [3.05, 3.63) is 70.6 Å². The molecule has 0 aliphatic heterocycles. The van der Waals surface area contributed by atoms with Crippen LogP contribution in [0.3, 0.4) is 0 Å². The number of alkyl halides is 3. The molecule has 0 fully saturated rings. The third-order valence-electron chi connectivity index (χ3n) is 8.02. The summed E-state index contributed by atoms with van der Waals surface area (Å²) < 4.78 is 45.7. The van der Waals surface area contributed by atoms with Gasteiger partial charge in [0.05, 0.1) is 16.8 Å². The molecule has 0 spiro atoms. The summed E-state index contributed by atoms with van der Waals surface area (Å²) in [6, 6.07) is 11.6. The Morgan fingerprint density at radius 2 is 1.74 bits per heavy atom. The van der Waals surface area contributed by atoms with Crippen molar-refractivity contribution in [3.8, 4) is 17.0 Å². The summed E-state index contributed by atoms with van der Waals surface area (Å²) in [5.41, 5.74) is 3.02. The monoisotopic (exact) mass is 664 g/mol. The third-order valence-corrected chi connectivity index (χ3v) is 8.31. The molecule has 7 nitrogen and oxygen atoms in total. The highest BCUT2D eigenvalue weighted by Crippen LogP contribution is 2.31. The summed E-state index contributed by atoms with van der Waals surface area (Å²) in [5, 5.41) is 16.1. The highest BCUT2D eigenvalue weighted by Gasteiger charge is 2.38. The molecule has 0 aliphatic rings. The number of hydrogen-bond donors (Lipinski definition) is 3. The van der Waals surface area contributed by atoms with E-state index in [-0.39, 0.29) is 35.0 Å². The van der Waals surface area contributed by atoms with E-state index < -0.39 is 18.2 Å². The van der Waals surface area contributed by atoms with Gasteiger partial charge in [0.1, 0.15) is 11.6 Å². The summed E-state index contributed by atoms with van der Waals surface area (Å²) in [6.07, 6.45) is 3.84. The van der Waals surface area contributed by atoms with Gasteiger partial charge in [-0.3, -0.25) is 4.79 Å². The van der Waals surface area contributed by atoms with Crippen LogP contribution in [-0.2, 0) is 13.0 Å². The number of hydrogen-bond acceptors (Lipinski definition) is 5. The first-order chi connectivity index (χ1) is 22.0. The summed E-state index contributed by atoms with van der Waals surface area (Å²) in [4.78, 5) is 17.9. The number of aliphatic hydroxyl groups excluding tert-OH is 1. The Morgan fingerprint density at radius 1 is 1.04 bits per heavy atom. The zero-order valence-corrected chi connectivity index (χ0v) is 28.1. The molecular weight excluding hydrogens is 617 g/mol. The van der Waals surface area contributed by atoms with Crippen LogP contribution >= 0.6 is 11.6 Å². The smallest absolute Gasteiger partial charge is 0.425 e. The Bertz CT molecular complexity index is 1360. The molecule has 11 heteroatoms. The second kappa shape index (κ2) is 18.3. The van der Waals surface area contributed by atoms with Gasteiger partial charge in [-0.05, 0) is 70.3 Å². The van der Waals surface area contributed by atoms with Crippen molar-refractivity contribution in [2.75, 3.05) is 13.2 Å². The predicted octanol–water partition coefficient (Wildman–Crippen LogP) is 8.29. The van der Waals surface area contributed by atoms with Crippen LogP contribution < -0.4 is 15.4 Å². The van der Waals surface area contributed by atoms with Crippen molar-refractivity contribution in [1.29, 1.82) is 0 Å². The molecule has 0 radical (unpaired) electrons. The van der Waals surface area contributed by atoms with E-state index >= 15 is 0 Å². The van der Waals surface area contributed by atoms with E-state index in [1.807, 2.05) is 24.3 Å². The Labute approximate surface area is 275 Å². The minimum atomic E-state index is -4.54. The maximum atomic E-state index is 13.0. The Balaban J connectivity index is 1.60. The highest BCUT2D eigenvalue weighted by atomic mass is 35.5. The molecule has 0 aliphatic carbocycles. The molecule has 1 aromatic heterocycles. The fourth-order valence-corrected chi connectivity index (χ4v) is 5.45. The van der Waals surface area contributed by atoms with Gasteiger partial charge in [-0.1, -0.05) is 74.9 Å².